The van der Waals surface area contributed by atoms with Crippen molar-refractivity contribution in [3.63, 3.8) is 0 Å². The Morgan fingerprint density at radius 3 is 2.69 bits per heavy atom. The molecule has 1 N–H and O–H groups in total. The van der Waals surface area contributed by atoms with Gasteiger partial charge in [-0.05, 0) is 38.7 Å². The third kappa shape index (κ3) is 5.13. The minimum Gasteiger partial charge on any atom is -0.442 e. The zero-order chi connectivity index (χ0) is 21.2. The molecule has 0 amide bonds. The topological polar surface area (TPSA) is 86.9 Å². The number of ether oxygens (including phenoxy) is 1. The molecule has 0 spiro atoms. The Morgan fingerprint density at radius 1 is 1.28 bits per heavy atom. The molecule has 0 fully saturated rings. The van der Waals surface area contributed by atoms with Crippen LogP contribution in [0.5, 0.6) is 0 Å². The summed E-state index contributed by atoms with van der Waals surface area (Å²) in [5.74, 6) is 1.65. The predicted molar refractivity (Wildman–Crippen MR) is 113 cm³/mol. The molecule has 156 valence electrons. The van der Waals surface area contributed by atoms with Crippen LogP contribution < -0.4 is 5.32 Å². The molecule has 3 aromatic heterocycles. The normalized spacial score (nSPS) is 13.1. The van der Waals surface area contributed by atoms with E-state index in [0.717, 1.165) is 28.7 Å². The van der Waals surface area contributed by atoms with E-state index >= 15 is 0 Å². The fraction of sp³-hybridized carbons (Fsp3) is 0.524. The van der Waals surface area contributed by atoms with Crippen LogP contribution in [-0.4, -0.2) is 36.0 Å². The van der Waals surface area contributed by atoms with Crippen LogP contribution in [-0.2, 0) is 11.3 Å². The number of fused-ring (bicyclic) bond motifs is 1. The van der Waals surface area contributed by atoms with Gasteiger partial charge in [0.15, 0.2) is 0 Å². The van der Waals surface area contributed by atoms with Gasteiger partial charge in [0, 0.05) is 24.3 Å². The number of rotatable bonds is 6. The predicted octanol–water partition coefficient (Wildman–Crippen LogP) is 4.84. The molecule has 0 aliphatic rings. The van der Waals surface area contributed by atoms with Crippen LogP contribution in [0.2, 0.25) is 0 Å². The second-order valence-electron chi connectivity index (χ2n) is 8.63. The van der Waals surface area contributed by atoms with E-state index in [4.69, 9.17) is 4.74 Å². The van der Waals surface area contributed by atoms with Crippen molar-refractivity contribution in [2.45, 2.75) is 60.1 Å². The lowest BCUT2D eigenvalue weighted by molar-refractivity contribution is 0.0514. The van der Waals surface area contributed by atoms with Crippen LogP contribution >= 0.6 is 0 Å². The minimum absolute atomic E-state index is 0.457. The first kappa shape index (κ1) is 20.8. The average Bonchev–Trinajstić information content (AvgIpc) is 3.25. The van der Waals surface area contributed by atoms with E-state index in [1.807, 2.05) is 26.8 Å². The van der Waals surface area contributed by atoms with Crippen molar-refractivity contribution in [3.05, 3.63) is 30.9 Å². The number of anilines is 2. The van der Waals surface area contributed by atoms with Crippen molar-refractivity contribution in [2.24, 2.45) is 11.8 Å². The standard InChI is InChI=1S/C21H30N6O2/c1-7-15(14(2)3)12-26-9-8-16-10-22-19(25-18(16)26)24-17-11-23-27(13-17)20(28)29-21(4,5)6/h8-11,13-15H,7,12H2,1-6H3,(H,22,24,25). The smallest absolute Gasteiger partial charge is 0.435 e. The molecule has 8 nitrogen and oxygen atoms in total. The van der Waals surface area contributed by atoms with Crippen LogP contribution in [0.25, 0.3) is 11.0 Å². The van der Waals surface area contributed by atoms with Crippen molar-refractivity contribution in [1.82, 2.24) is 24.3 Å². The number of carbonyl (C=O) groups excluding carboxylic acids is 1. The molecule has 0 aliphatic heterocycles. The summed E-state index contributed by atoms with van der Waals surface area (Å²) in [4.78, 5) is 21.2. The first-order chi connectivity index (χ1) is 13.7. The van der Waals surface area contributed by atoms with Gasteiger partial charge >= 0.3 is 6.09 Å². The monoisotopic (exact) mass is 398 g/mol. The van der Waals surface area contributed by atoms with E-state index in [1.165, 1.54) is 0 Å². The van der Waals surface area contributed by atoms with E-state index in [1.54, 1.807) is 18.6 Å². The van der Waals surface area contributed by atoms with Crippen LogP contribution in [0.15, 0.2) is 30.9 Å². The molecule has 29 heavy (non-hydrogen) atoms. The lowest BCUT2D eigenvalue weighted by Gasteiger charge is -2.20. The summed E-state index contributed by atoms with van der Waals surface area (Å²) in [5, 5.41) is 8.17. The number of hydrogen-bond acceptors (Lipinski definition) is 6. The molecule has 0 bridgehead atoms. The third-order valence-electron chi connectivity index (χ3n) is 4.82. The number of nitrogens with one attached hydrogen (secondary N) is 1. The van der Waals surface area contributed by atoms with Gasteiger partial charge in [-0.2, -0.15) is 14.8 Å². The second-order valence-corrected chi connectivity index (χ2v) is 8.63. The molecule has 0 saturated heterocycles. The molecule has 3 aromatic rings. The van der Waals surface area contributed by atoms with Crippen molar-refractivity contribution >= 4 is 28.8 Å². The number of carbonyl (C=O) groups is 1. The van der Waals surface area contributed by atoms with Gasteiger partial charge in [0.2, 0.25) is 5.95 Å². The fourth-order valence-corrected chi connectivity index (χ4v) is 3.17. The molecule has 0 aromatic carbocycles. The van der Waals surface area contributed by atoms with E-state index in [-0.39, 0.29) is 0 Å². The van der Waals surface area contributed by atoms with Gasteiger partial charge < -0.3 is 14.6 Å². The Balaban J connectivity index is 1.77. The molecule has 8 heteroatoms. The second kappa shape index (κ2) is 8.23. The SMILES string of the molecule is CCC(Cn1ccc2cnc(Nc3cnn(C(=O)OC(C)(C)C)c3)nc21)C(C)C. The zero-order valence-electron chi connectivity index (χ0n) is 18.0. The van der Waals surface area contributed by atoms with Gasteiger partial charge in [0.05, 0.1) is 18.1 Å². The van der Waals surface area contributed by atoms with Gasteiger partial charge in [-0.25, -0.2) is 9.78 Å². The summed E-state index contributed by atoms with van der Waals surface area (Å²) >= 11 is 0. The highest BCUT2D eigenvalue weighted by Crippen LogP contribution is 2.22. The first-order valence-corrected chi connectivity index (χ1v) is 10.0. The maximum absolute atomic E-state index is 12.1. The summed E-state index contributed by atoms with van der Waals surface area (Å²) in [6, 6.07) is 2.03. The number of hydrogen-bond donors (Lipinski definition) is 1. The van der Waals surface area contributed by atoms with Gasteiger partial charge in [-0.1, -0.05) is 27.2 Å². The molecular weight excluding hydrogens is 368 g/mol. The fourth-order valence-electron chi connectivity index (χ4n) is 3.17. The highest BCUT2D eigenvalue weighted by molar-refractivity contribution is 5.77. The highest BCUT2D eigenvalue weighted by atomic mass is 16.6. The lowest BCUT2D eigenvalue weighted by atomic mass is 9.93. The Bertz CT molecular complexity index is 983. The lowest BCUT2D eigenvalue weighted by Crippen LogP contribution is -2.27. The number of aromatic nitrogens is 5. The van der Waals surface area contributed by atoms with Crippen LogP contribution in [0.3, 0.4) is 0 Å². The molecule has 3 heterocycles. The molecule has 1 atom stereocenters. The van der Waals surface area contributed by atoms with Crippen molar-refractivity contribution in [2.75, 3.05) is 5.32 Å². The van der Waals surface area contributed by atoms with Gasteiger partial charge in [-0.3, -0.25) is 0 Å². The third-order valence-corrected chi connectivity index (χ3v) is 4.82. The van der Waals surface area contributed by atoms with Crippen molar-refractivity contribution < 1.29 is 9.53 Å². The van der Waals surface area contributed by atoms with Gasteiger partial charge in [0.25, 0.3) is 0 Å². The Labute approximate surface area is 171 Å². The van der Waals surface area contributed by atoms with Crippen molar-refractivity contribution in [1.29, 1.82) is 0 Å². The van der Waals surface area contributed by atoms with E-state index in [0.29, 0.717) is 23.5 Å². The maximum atomic E-state index is 12.1. The van der Waals surface area contributed by atoms with Gasteiger partial charge in [0.1, 0.15) is 11.2 Å². The Kier molecular flexibility index (Phi) is 5.91. The summed E-state index contributed by atoms with van der Waals surface area (Å²) in [5.41, 5.74) is 0.922. The average molecular weight is 399 g/mol. The maximum Gasteiger partial charge on any atom is 0.435 e. The molecule has 3 rings (SSSR count). The quantitative estimate of drug-likeness (QED) is 0.639. The van der Waals surface area contributed by atoms with E-state index in [2.05, 4.69) is 51.9 Å². The van der Waals surface area contributed by atoms with E-state index in [9.17, 15) is 4.79 Å². The summed E-state index contributed by atoms with van der Waals surface area (Å²) in [7, 11) is 0. The van der Waals surface area contributed by atoms with Crippen LogP contribution in [0.4, 0.5) is 16.4 Å². The largest absolute Gasteiger partial charge is 0.442 e. The summed E-state index contributed by atoms with van der Waals surface area (Å²) in [6.07, 6.45) is 7.56. The highest BCUT2D eigenvalue weighted by Gasteiger charge is 2.19. The molecule has 0 aliphatic carbocycles. The minimum atomic E-state index is -0.581. The molecule has 1 unspecified atom stereocenters. The molecule has 0 saturated carbocycles. The molecular formula is C21H30N6O2. The van der Waals surface area contributed by atoms with Crippen LogP contribution in [0.1, 0.15) is 48.0 Å². The zero-order valence-corrected chi connectivity index (χ0v) is 18.0. The first-order valence-electron chi connectivity index (χ1n) is 10.0. The van der Waals surface area contributed by atoms with Crippen molar-refractivity contribution in [3.8, 4) is 0 Å². The molecule has 0 radical (unpaired) electrons. The van der Waals surface area contributed by atoms with Gasteiger partial charge in [-0.15, -0.1) is 0 Å². The van der Waals surface area contributed by atoms with E-state index < -0.39 is 11.7 Å². The summed E-state index contributed by atoms with van der Waals surface area (Å²) < 4.78 is 8.65. The Morgan fingerprint density at radius 2 is 2.03 bits per heavy atom. The summed E-state index contributed by atoms with van der Waals surface area (Å²) in [6.45, 7) is 13.1. The van der Waals surface area contributed by atoms with Crippen LogP contribution in [0, 0.1) is 11.8 Å². The number of nitrogens with zero attached hydrogens (tertiary/aromatic N) is 5. The Hall–Kier alpha value is -2.90.